The fourth-order valence-corrected chi connectivity index (χ4v) is 0. The first-order valence-electron chi connectivity index (χ1n) is 1.21. The second-order valence-electron chi connectivity index (χ2n) is 0.632. The molecule has 0 saturated carbocycles. The molecule has 12 heavy (non-hydrogen) atoms. The average molecular weight is 322 g/mol. The van der Waals surface area contributed by atoms with E-state index in [4.69, 9.17) is 24.4 Å². The van der Waals surface area contributed by atoms with Crippen LogP contribution in [-0.2, 0) is 48.8 Å². The van der Waals surface area contributed by atoms with Crippen LogP contribution >= 0.6 is 0 Å². The third-order valence-corrected chi connectivity index (χ3v) is 0. The Morgan fingerprint density at radius 1 is 0.917 bits per heavy atom. The van der Waals surface area contributed by atoms with Crippen molar-refractivity contribution in [1.82, 2.24) is 0 Å². The summed E-state index contributed by atoms with van der Waals surface area (Å²) in [6, 6.07) is 0. The molecular weight excluding hydrogens is 322 g/mol. The molecule has 0 aliphatic heterocycles. The molecule has 0 bridgehead atoms. The van der Waals surface area contributed by atoms with Crippen LogP contribution in [0.2, 0.25) is 0 Å². The van der Waals surface area contributed by atoms with Gasteiger partial charge in [-0.3, -0.25) is 0 Å². The molecule has 0 aromatic heterocycles. The monoisotopic (exact) mass is 324 g/mol. The van der Waals surface area contributed by atoms with Gasteiger partial charge in [0.25, 0.3) is 0 Å². The van der Waals surface area contributed by atoms with Gasteiger partial charge in [0.15, 0.2) is 0 Å². The first-order valence-corrected chi connectivity index (χ1v) is 7.18. The maximum atomic E-state index is 8.63. The van der Waals surface area contributed by atoms with Crippen LogP contribution < -0.4 is 67.7 Å². The Morgan fingerprint density at radius 3 is 0.917 bits per heavy atom. The number of hydrogen-bond acceptors (Lipinski definition) is 7. The second kappa shape index (κ2) is 15.8. The molecule has 12 heteroatoms. The van der Waals surface area contributed by atoms with Gasteiger partial charge in [0.1, 0.15) is 0 Å². The van der Waals surface area contributed by atoms with Crippen molar-refractivity contribution in [2.24, 2.45) is 0 Å². The van der Waals surface area contributed by atoms with Crippen molar-refractivity contribution in [3.05, 3.63) is 0 Å². The summed E-state index contributed by atoms with van der Waals surface area (Å²) in [7, 11) is 0. The molecule has 0 amide bonds. The van der Waals surface area contributed by atoms with Crippen LogP contribution in [0.1, 0.15) is 0 Å². The number of hydrogen-bond donors (Lipinski definition) is 0. The van der Waals surface area contributed by atoms with Gasteiger partial charge in [0.2, 0.25) is 0 Å². The van der Waals surface area contributed by atoms with Crippen molar-refractivity contribution in [2.45, 2.75) is 0 Å². The molecule has 0 aliphatic rings. The van der Waals surface area contributed by atoms with E-state index >= 15 is 0 Å². The van der Waals surface area contributed by atoms with Gasteiger partial charge < -0.3 is 0 Å². The van der Waals surface area contributed by atoms with E-state index in [-0.39, 0.29) is 56.6 Å². The van der Waals surface area contributed by atoms with E-state index in [1.165, 1.54) is 0 Å². The SMILES string of the molecule is [Li+].[Li+].[Li+].[O]=[Mo](=[O])([O-])[O-].[O]=[Nb](=[O])[O-]. The van der Waals surface area contributed by atoms with Crippen molar-refractivity contribution < 1.29 is 117 Å². The van der Waals surface area contributed by atoms with Crippen molar-refractivity contribution in [1.29, 1.82) is 0 Å². The molecule has 0 spiro atoms. The van der Waals surface area contributed by atoms with Crippen LogP contribution in [0.5, 0.6) is 0 Å². The van der Waals surface area contributed by atoms with Gasteiger partial charge in [-0.15, -0.1) is 0 Å². The molecular formula is Li3MoNbO7. The predicted molar refractivity (Wildman–Crippen MR) is 2.75 cm³/mol. The van der Waals surface area contributed by atoms with E-state index in [0.29, 0.717) is 0 Å². The van der Waals surface area contributed by atoms with Crippen molar-refractivity contribution in [3.8, 4) is 0 Å². The van der Waals surface area contributed by atoms with E-state index in [1.54, 1.807) is 0 Å². The molecule has 0 aromatic carbocycles. The summed E-state index contributed by atoms with van der Waals surface area (Å²) >= 11 is -10.2. The fraction of sp³-hybridized carbons (Fsp3) is 0. The summed E-state index contributed by atoms with van der Waals surface area (Å²) in [5.41, 5.74) is 0. The number of rotatable bonds is 0. The summed E-state index contributed by atoms with van der Waals surface area (Å²) in [6.45, 7) is 0. The zero-order valence-corrected chi connectivity index (χ0v) is 10.9. The van der Waals surface area contributed by atoms with Crippen molar-refractivity contribution in [2.75, 3.05) is 0 Å². The summed E-state index contributed by atoms with van der Waals surface area (Å²) in [4.78, 5) is 0. The van der Waals surface area contributed by atoms with Crippen molar-refractivity contribution in [3.63, 3.8) is 0 Å². The third kappa shape index (κ3) is 297. The van der Waals surface area contributed by atoms with Crippen LogP contribution in [-0.4, -0.2) is 0 Å². The normalized spacial score (nSPS) is 6.92. The third-order valence-electron chi connectivity index (χ3n) is 0. The van der Waals surface area contributed by atoms with E-state index in [0.717, 1.165) is 0 Å². The van der Waals surface area contributed by atoms with Crippen molar-refractivity contribution >= 4 is 0 Å². The first-order chi connectivity index (χ1) is 3.73. The summed E-state index contributed by atoms with van der Waals surface area (Å²) in [5, 5.41) is 0. The Bertz CT molecular complexity index is 199. The minimum absolute atomic E-state index is 0. The molecule has 0 N–H and O–H groups in total. The molecule has 0 fully saturated rings. The Morgan fingerprint density at radius 2 is 0.917 bits per heavy atom. The first kappa shape index (κ1) is 29.2. The van der Waals surface area contributed by atoms with Gasteiger partial charge >= 0.3 is 117 Å². The fourth-order valence-electron chi connectivity index (χ4n) is 0. The molecule has 0 rings (SSSR count). The Labute approximate surface area is 115 Å². The molecule has 56 valence electrons. The van der Waals surface area contributed by atoms with Gasteiger partial charge in [-0.1, -0.05) is 0 Å². The predicted octanol–water partition coefficient (Wildman–Crippen LogP) is -13.0. The van der Waals surface area contributed by atoms with Gasteiger partial charge in [0.05, 0.1) is 0 Å². The van der Waals surface area contributed by atoms with Crippen LogP contribution in [0, 0.1) is 0 Å². The molecule has 0 heterocycles. The van der Waals surface area contributed by atoms with E-state index in [9.17, 15) is 0 Å². The molecule has 0 atom stereocenters. The average Bonchev–Trinajstić information content (AvgIpc) is 1.19. The van der Waals surface area contributed by atoms with E-state index < -0.39 is 35.5 Å². The maximum absolute atomic E-state index is 8.63. The minimum atomic E-state index is -6.02. The molecule has 0 unspecified atom stereocenters. The van der Waals surface area contributed by atoms with Crippen LogP contribution in [0.15, 0.2) is 0 Å². The second-order valence-corrected chi connectivity index (χ2v) is 3.74. The van der Waals surface area contributed by atoms with Crippen LogP contribution in [0.25, 0.3) is 0 Å². The van der Waals surface area contributed by atoms with Crippen LogP contribution in [0.3, 0.4) is 0 Å². The molecule has 0 radical (unpaired) electrons. The molecule has 0 aliphatic carbocycles. The Hall–Kier alpha value is 2.30. The summed E-state index contributed by atoms with van der Waals surface area (Å²) in [6.07, 6.45) is 0. The van der Waals surface area contributed by atoms with Gasteiger partial charge in [0, 0.05) is 0 Å². The summed E-state index contributed by atoms with van der Waals surface area (Å²) in [5.74, 6) is 0. The zero-order chi connectivity index (χ0) is 8.08. The molecule has 7 nitrogen and oxygen atoms in total. The molecule has 0 saturated heterocycles. The zero-order valence-electron chi connectivity index (χ0n) is 6.71. The standard InChI is InChI=1S/3Li.Mo.Nb.7O/q3*+1;;;;;;;3*-1. The van der Waals surface area contributed by atoms with Gasteiger partial charge in [-0.05, 0) is 0 Å². The quantitative estimate of drug-likeness (QED) is 0.404. The van der Waals surface area contributed by atoms with Gasteiger partial charge in [-0.2, -0.15) is 0 Å². The van der Waals surface area contributed by atoms with Crippen LogP contribution in [0.4, 0.5) is 0 Å². The topological polar surface area (TPSA) is 137 Å². The Balaban J connectivity index is -0.0000000221. The van der Waals surface area contributed by atoms with E-state index in [1.807, 2.05) is 0 Å². The Kier molecular flexibility index (Phi) is 38.4. The molecule has 0 aromatic rings. The summed E-state index contributed by atoms with van der Waals surface area (Å²) < 4.78 is 60.3. The van der Waals surface area contributed by atoms with Gasteiger partial charge in [-0.25, -0.2) is 0 Å². The van der Waals surface area contributed by atoms with E-state index in [2.05, 4.69) is 0 Å².